The summed E-state index contributed by atoms with van der Waals surface area (Å²) in [7, 11) is 0. The molecule has 6 heteroatoms. The van der Waals surface area contributed by atoms with Gasteiger partial charge in [0.2, 0.25) is 0 Å². The van der Waals surface area contributed by atoms with Crippen molar-refractivity contribution >= 4 is 11.8 Å². The fourth-order valence-corrected chi connectivity index (χ4v) is 5.59. The van der Waals surface area contributed by atoms with E-state index in [2.05, 4.69) is 5.32 Å². The van der Waals surface area contributed by atoms with Gasteiger partial charge in [0.1, 0.15) is 11.9 Å². The van der Waals surface area contributed by atoms with Gasteiger partial charge in [0.15, 0.2) is 0 Å². The summed E-state index contributed by atoms with van der Waals surface area (Å²) in [5.41, 5.74) is 1.53. The molecule has 0 bridgehead atoms. The number of hydrogen-bond acceptors (Lipinski definition) is 4. The maximum absolute atomic E-state index is 12.8. The topological polar surface area (TPSA) is 61.9 Å². The number of nitrogens with one attached hydrogen (secondary N) is 1. The average Bonchev–Trinajstić information content (AvgIpc) is 3.26. The van der Waals surface area contributed by atoms with Crippen LogP contribution in [0.5, 0.6) is 5.75 Å². The van der Waals surface area contributed by atoms with E-state index in [0.29, 0.717) is 11.8 Å². The van der Waals surface area contributed by atoms with Gasteiger partial charge < -0.3 is 19.9 Å². The molecule has 3 saturated heterocycles. The summed E-state index contributed by atoms with van der Waals surface area (Å²) in [5.74, 6) is 2.40. The molecule has 0 saturated carbocycles. The number of carbonyl (C=O) groups excluding carboxylic acids is 2. The molecule has 3 heterocycles. The van der Waals surface area contributed by atoms with Gasteiger partial charge in [0.25, 0.3) is 11.8 Å². The highest BCUT2D eigenvalue weighted by Crippen LogP contribution is 2.29. The molecule has 1 N–H and O–H groups in total. The Hall–Kier alpha value is -2.86. The molecule has 0 aliphatic carbocycles. The van der Waals surface area contributed by atoms with E-state index in [1.54, 1.807) is 0 Å². The lowest BCUT2D eigenvalue weighted by atomic mass is 9.87. The van der Waals surface area contributed by atoms with E-state index in [1.807, 2.05) is 64.4 Å². The third kappa shape index (κ3) is 6.04. The van der Waals surface area contributed by atoms with Crippen LogP contribution in [0, 0.1) is 11.8 Å². The van der Waals surface area contributed by atoms with Crippen LogP contribution >= 0.6 is 0 Å². The Morgan fingerprint density at radius 3 is 2.26 bits per heavy atom. The zero-order valence-electron chi connectivity index (χ0n) is 20.5. The van der Waals surface area contributed by atoms with Crippen molar-refractivity contribution in [2.75, 3.05) is 39.3 Å². The molecule has 35 heavy (non-hydrogen) atoms. The van der Waals surface area contributed by atoms with E-state index in [1.165, 1.54) is 19.3 Å². The third-order valence-electron chi connectivity index (χ3n) is 7.80. The number of ether oxygens (including phenoxy) is 1. The lowest BCUT2D eigenvalue weighted by molar-refractivity contribution is 0.0472. The number of nitrogens with zero attached hydrogens (tertiary/aromatic N) is 2. The summed E-state index contributed by atoms with van der Waals surface area (Å²) in [5, 5.41) is 3.30. The maximum Gasteiger partial charge on any atom is 0.253 e. The molecule has 3 aliphatic rings. The molecule has 0 radical (unpaired) electrons. The first-order valence-corrected chi connectivity index (χ1v) is 13.3. The summed E-state index contributed by atoms with van der Waals surface area (Å²) in [6, 6.07) is 17.2. The number of amides is 2. The zero-order chi connectivity index (χ0) is 24.0. The summed E-state index contributed by atoms with van der Waals surface area (Å²) in [6.45, 7) is 5.32. The van der Waals surface area contributed by atoms with Crippen LogP contribution in [0.4, 0.5) is 0 Å². The molecule has 5 rings (SSSR count). The second-order valence-corrected chi connectivity index (χ2v) is 10.4. The zero-order valence-corrected chi connectivity index (χ0v) is 20.5. The standard InChI is InChI=1S/C29H37N3O3/c33-28(24-6-2-1-3-7-24)31-17-4-5-22(15-18-31)8-9-23-20-32(21-23)29(34)25-10-12-26(13-11-25)35-27-14-16-30-19-27/h1-3,6-7,10-13,22-23,27,30H,4-5,8-9,14-21H2/t22?,27-/m0/s1. The van der Waals surface area contributed by atoms with Crippen LogP contribution in [0.3, 0.4) is 0 Å². The largest absolute Gasteiger partial charge is 0.489 e. The summed E-state index contributed by atoms with van der Waals surface area (Å²) in [4.78, 5) is 29.6. The number of carbonyl (C=O) groups is 2. The molecule has 6 nitrogen and oxygen atoms in total. The molecule has 0 spiro atoms. The van der Waals surface area contributed by atoms with Crippen LogP contribution < -0.4 is 10.1 Å². The third-order valence-corrected chi connectivity index (χ3v) is 7.80. The summed E-state index contributed by atoms with van der Waals surface area (Å²) >= 11 is 0. The highest BCUT2D eigenvalue weighted by Gasteiger charge is 2.32. The molecule has 0 aromatic heterocycles. The number of likely N-dealkylation sites (tertiary alicyclic amines) is 2. The van der Waals surface area contributed by atoms with Gasteiger partial charge in [-0.2, -0.15) is 0 Å². The first-order chi connectivity index (χ1) is 17.2. The molecule has 3 aliphatic heterocycles. The summed E-state index contributed by atoms with van der Waals surface area (Å²) in [6.07, 6.45) is 6.98. The molecule has 1 unspecified atom stereocenters. The van der Waals surface area contributed by atoms with Gasteiger partial charge in [-0.3, -0.25) is 9.59 Å². The summed E-state index contributed by atoms with van der Waals surface area (Å²) < 4.78 is 5.96. The van der Waals surface area contributed by atoms with Crippen LogP contribution in [0.25, 0.3) is 0 Å². The maximum atomic E-state index is 12.8. The highest BCUT2D eigenvalue weighted by atomic mass is 16.5. The van der Waals surface area contributed by atoms with Crippen molar-refractivity contribution in [3.8, 4) is 5.75 Å². The van der Waals surface area contributed by atoms with Crippen LogP contribution in [0.2, 0.25) is 0 Å². The van der Waals surface area contributed by atoms with Gasteiger partial charge in [-0.1, -0.05) is 18.2 Å². The molecule has 2 amide bonds. The molecule has 3 fully saturated rings. The van der Waals surface area contributed by atoms with Gasteiger partial charge >= 0.3 is 0 Å². The van der Waals surface area contributed by atoms with Gasteiger partial charge in [-0.15, -0.1) is 0 Å². The SMILES string of the molecule is O=C(c1ccccc1)N1CCCC(CCC2CN(C(=O)c3ccc(O[C@H]4CCNC4)cc3)C2)CC1. The Morgan fingerprint density at radius 2 is 1.51 bits per heavy atom. The number of benzene rings is 2. The minimum atomic E-state index is 0.125. The van der Waals surface area contributed by atoms with Crippen molar-refractivity contribution in [2.45, 2.75) is 44.6 Å². The van der Waals surface area contributed by atoms with E-state index in [0.717, 1.165) is 75.4 Å². The van der Waals surface area contributed by atoms with Crippen molar-refractivity contribution in [3.63, 3.8) is 0 Å². The Bertz CT molecular complexity index is 982. The number of hydrogen-bond donors (Lipinski definition) is 1. The monoisotopic (exact) mass is 475 g/mol. The smallest absolute Gasteiger partial charge is 0.253 e. The molecule has 2 atom stereocenters. The van der Waals surface area contributed by atoms with Gasteiger partial charge in [-0.25, -0.2) is 0 Å². The van der Waals surface area contributed by atoms with Crippen molar-refractivity contribution in [1.29, 1.82) is 0 Å². The lowest BCUT2D eigenvalue weighted by Crippen LogP contribution is -2.50. The predicted molar refractivity (Wildman–Crippen MR) is 137 cm³/mol. The first kappa shape index (κ1) is 23.9. The average molecular weight is 476 g/mol. The molecule has 2 aromatic rings. The quantitative estimate of drug-likeness (QED) is 0.651. The van der Waals surface area contributed by atoms with Gasteiger partial charge in [0, 0.05) is 43.9 Å². The minimum absolute atomic E-state index is 0.125. The minimum Gasteiger partial charge on any atom is -0.489 e. The van der Waals surface area contributed by atoms with Crippen LogP contribution in [-0.2, 0) is 0 Å². The molecule has 186 valence electrons. The normalized spacial score (nSPS) is 23.0. The first-order valence-electron chi connectivity index (χ1n) is 13.3. The van der Waals surface area contributed by atoms with E-state index in [9.17, 15) is 9.59 Å². The number of rotatable bonds is 7. The highest BCUT2D eigenvalue weighted by molar-refractivity contribution is 5.95. The van der Waals surface area contributed by atoms with E-state index in [4.69, 9.17) is 4.74 Å². The fraction of sp³-hybridized carbons (Fsp3) is 0.517. The predicted octanol–water partition coefficient (Wildman–Crippen LogP) is 4.22. The van der Waals surface area contributed by atoms with Crippen molar-refractivity contribution < 1.29 is 14.3 Å². The van der Waals surface area contributed by atoms with Gasteiger partial charge in [0.05, 0.1) is 0 Å². The Morgan fingerprint density at radius 1 is 0.800 bits per heavy atom. The second kappa shape index (κ2) is 11.3. The van der Waals surface area contributed by atoms with Crippen LogP contribution in [0.15, 0.2) is 54.6 Å². The molecular formula is C29H37N3O3. The van der Waals surface area contributed by atoms with E-state index >= 15 is 0 Å². The van der Waals surface area contributed by atoms with E-state index < -0.39 is 0 Å². The van der Waals surface area contributed by atoms with Crippen molar-refractivity contribution in [1.82, 2.24) is 15.1 Å². The van der Waals surface area contributed by atoms with Crippen molar-refractivity contribution in [3.05, 3.63) is 65.7 Å². The Labute approximate surface area is 208 Å². The van der Waals surface area contributed by atoms with Crippen LogP contribution in [0.1, 0.15) is 59.2 Å². The lowest BCUT2D eigenvalue weighted by Gasteiger charge is -2.40. The molecular weight excluding hydrogens is 438 g/mol. The Balaban J connectivity index is 1.02. The fourth-order valence-electron chi connectivity index (χ4n) is 5.59. The van der Waals surface area contributed by atoms with Crippen molar-refractivity contribution in [2.24, 2.45) is 11.8 Å². The van der Waals surface area contributed by atoms with Crippen LogP contribution in [-0.4, -0.2) is 67.0 Å². The van der Waals surface area contributed by atoms with Gasteiger partial charge in [-0.05, 0) is 93.3 Å². The Kier molecular flexibility index (Phi) is 7.67. The van der Waals surface area contributed by atoms with E-state index in [-0.39, 0.29) is 17.9 Å². The molecule has 2 aromatic carbocycles. The second-order valence-electron chi connectivity index (χ2n) is 10.4.